The number of methoxy groups -OCH3 is 2. The molecule has 0 bridgehead atoms. The van der Waals surface area contributed by atoms with Gasteiger partial charge in [-0.3, -0.25) is 4.99 Å². The van der Waals surface area contributed by atoms with Crippen molar-refractivity contribution in [1.82, 2.24) is 0 Å². The lowest BCUT2D eigenvalue weighted by Crippen LogP contribution is -2.16. The van der Waals surface area contributed by atoms with Crippen molar-refractivity contribution in [3.05, 3.63) is 34.4 Å². The third-order valence-electron chi connectivity index (χ3n) is 3.36. The van der Waals surface area contributed by atoms with Crippen LogP contribution in [0.5, 0.6) is 11.5 Å². The molecule has 1 aliphatic rings. The van der Waals surface area contributed by atoms with Gasteiger partial charge in [-0.25, -0.2) is 0 Å². The molecule has 0 saturated heterocycles. The van der Waals surface area contributed by atoms with Gasteiger partial charge in [-0.1, -0.05) is 17.7 Å². The molecule has 114 valence electrons. The van der Waals surface area contributed by atoms with Crippen molar-refractivity contribution >= 4 is 29.4 Å². The summed E-state index contributed by atoms with van der Waals surface area (Å²) in [4.78, 5) is 4.05. The molecule has 0 aromatic heterocycles. The molecule has 1 N–H and O–H groups in total. The highest BCUT2D eigenvalue weighted by Crippen LogP contribution is 2.34. The summed E-state index contributed by atoms with van der Waals surface area (Å²) in [7, 11) is 3.12. The van der Waals surface area contributed by atoms with E-state index in [9.17, 15) is 5.11 Å². The average molecular weight is 330 g/mol. The summed E-state index contributed by atoms with van der Waals surface area (Å²) in [5.41, 5.74) is 1.52. The Morgan fingerprint density at radius 2 is 2.05 bits per heavy atom. The van der Waals surface area contributed by atoms with E-state index in [4.69, 9.17) is 32.7 Å². The van der Waals surface area contributed by atoms with Crippen LogP contribution in [-0.4, -0.2) is 37.5 Å². The number of halogens is 2. The van der Waals surface area contributed by atoms with Gasteiger partial charge in [-0.2, -0.15) is 0 Å². The SMILES string of the molecule is COc1ccc(C(O)CC2=C(Cl)C=NCC2Cl)cc1OC. The molecule has 0 saturated carbocycles. The number of hydrogen-bond donors (Lipinski definition) is 1. The van der Waals surface area contributed by atoms with Crippen LogP contribution >= 0.6 is 23.2 Å². The standard InChI is InChI=1S/C15H17Cl2NO3/c1-20-14-4-3-9(5-15(14)21-2)13(19)6-10-11(16)7-18-8-12(10)17/h3-5,7,12-13,19H,6,8H2,1-2H3. The Bertz CT molecular complexity index is 572. The zero-order valence-electron chi connectivity index (χ0n) is 11.8. The third kappa shape index (κ3) is 3.70. The number of hydrogen-bond acceptors (Lipinski definition) is 4. The summed E-state index contributed by atoms with van der Waals surface area (Å²) < 4.78 is 10.4. The summed E-state index contributed by atoms with van der Waals surface area (Å²) >= 11 is 12.3. The predicted molar refractivity (Wildman–Crippen MR) is 85.0 cm³/mol. The highest BCUT2D eigenvalue weighted by Gasteiger charge is 2.22. The number of alkyl halides is 1. The summed E-state index contributed by atoms with van der Waals surface area (Å²) in [6, 6.07) is 5.30. The molecule has 0 radical (unpaired) electrons. The molecule has 4 nitrogen and oxygen atoms in total. The normalized spacial score (nSPS) is 19.6. The maximum absolute atomic E-state index is 10.4. The topological polar surface area (TPSA) is 51.0 Å². The first-order valence-corrected chi connectivity index (χ1v) is 7.30. The minimum Gasteiger partial charge on any atom is -0.493 e. The van der Waals surface area contributed by atoms with E-state index in [2.05, 4.69) is 4.99 Å². The second kappa shape index (κ2) is 7.16. The monoisotopic (exact) mass is 329 g/mol. The Kier molecular flexibility index (Phi) is 5.51. The Balaban J connectivity index is 2.20. The predicted octanol–water partition coefficient (Wildman–Crippen LogP) is 3.31. The fourth-order valence-corrected chi connectivity index (χ4v) is 2.80. The van der Waals surface area contributed by atoms with Gasteiger partial charge >= 0.3 is 0 Å². The highest BCUT2D eigenvalue weighted by molar-refractivity contribution is 6.41. The van der Waals surface area contributed by atoms with Gasteiger partial charge in [0.25, 0.3) is 0 Å². The van der Waals surface area contributed by atoms with Crippen molar-refractivity contribution < 1.29 is 14.6 Å². The van der Waals surface area contributed by atoms with Gasteiger partial charge < -0.3 is 14.6 Å². The van der Waals surface area contributed by atoms with Crippen LogP contribution in [0.4, 0.5) is 0 Å². The summed E-state index contributed by atoms with van der Waals surface area (Å²) in [6.07, 6.45) is 1.22. The first-order chi connectivity index (χ1) is 10.1. The van der Waals surface area contributed by atoms with Crippen molar-refractivity contribution in [2.45, 2.75) is 17.9 Å². The number of aliphatic imine (C=N–C) groups is 1. The number of benzene rings is 1. The van der Waals surface area contributed by atoms with Crippen LogP contribution in [0.3, 0.4) is 0 Å². The van der Waals surface area contributed by atoms with E-state index in [-0.39, 0.29) is 5.38 Å². The molecule has 21 heavy (non-hydrogen) atoms. The van der Waals surface area contributed by atoms with E-state index < -0.39 is 6.10 Å². The smallest absolute Gasteiger partial charge is 0.161 e. The fourth-order valence-electron chi connectivity index (χ4n) is 2.18. The van der Waals surface area contributed by atoms with Crippen molar-refractivity contribution in [3.8, 4) is 11.5 Å². The largest absolute Gasteiger partial charge is 0.493 e. The number of nitrogens with zero attached hydrogens (tertiary/aromatic N) is 1. The summed E-state index contributed by atoms with van der Waals surface area (Å²) in [5.74, 6) is 1.19. The Hall–Kier alpha value is -1.23. The number of rotatable bonds is 5. The molecule has 0 aliphatic carbocycles. The lowest BCUT2D eigenvalue weighted by molar-refractivity contribution is 0.176. The number of aliphatic hydroxyl groups is 1. The number of dihydropyridines is 1. The van der Waals surface area contributed by atoms with Gasteiger partial charge in [0, 0.05) is 12.6 Å². The van der Waals surface area contributed by atoms with Gasteiger partial charge in [-0.15, -0.1) is 11.6 Å². The Morgan fingerprint density at radius 3 is 2.67 bits per heavy atom. The lowest BCUT2D eigenvalue weighted by Gasteiger charge is -2.21. The van der Waals surface area contributed by atoms with Gasteiger partial charge in [0.05, 0.1) is 37.3 Å². The molecule has 2 rings (SSSR count). The van der Waals surface area contributed by atoms with Gasteiger partial charge in [0.15, 0.2) is 11.5 Å². The van der Waals surface area contributed by atoms with Crippen molar-refractivity contribution in [2.75, 3.05) is 20.8 Å². The zero-order chi connectivity index (χ0) is 15.4. The van der Waals surface area contributed by atoms with Crippen LogP contribution in [0.1, 0.15) is 18.1 Å². The van der Waals surface area contributed by atoms with Crippen molar-refractivity contribution in [2.24, 2.45) is 4.99 Å². The molecule has 0 amide bonds. The molecule has 0 spiro atoms. The average Bonchev–Trinajstić information content (AvgIpc) is 2.50. The van der Waals surface area contributed by atoms with E-state index in [1.165, 1.54) is 0 Å². The molecule has 0 fully saturated rings. The maximum Gasteiger partial charge on any atom is 0.161 e. The first-order valence-electron chi connectivity index (χ1n) is 6.49. The van der Waals surface area contributed by atoms with E-state index in [1.807, 2.05) is 0 Å². The van der Waals surface area contributed by atoms with E-state index in [0.29, 0.717) is 29.5 Å². The van der Waals surface area contributed by atoms with Crippen molar-refractivity contribution in [1.29, 1.82) is 0 Å². The number of aliphatic hydroxyl groups excluding tert-OH is 1. The maximum atomic E-state index is 10.4. The van der Waals surface area contributed by atoms with Gasteiger partial charge in [-0.05, 0) is 23.3 Å². The van der Waals surface area contributed by atoms with E-state index in [0.717, 1.165) is 11.1 Å². The second-order valence-electron chi connectivity index (χ2n) is 4.67. The van der Waals surface area contributed by atoms with Crippen LogP contribution in [0.15, 0.2) is 33.8 Å². The number of allylic oxidation sites excluding steroid dienone is 1. The van der Waals surface area contributed by atoms with Crippen LogP contribution < -0.4 is 9.47 Å². The Morgan fingerprint density at radius 1 is 1.33 bits per heavy atom. The van der Waals surface area contributed by atoms with Crippen molar-refractivity contribution in [3.63, 3.8) is 0 Å². The van der Waals surface area contributed by atoms with Crippen LogP contribution in [0.25, 0.3) is 0 Å². The number of ether oxygens (including phenoxy) is 2. The molecular weight excluding hydrogens is 313 g/mol. The third-order valence-corrected chi connectivity index (χ3v) is 4.10. The molecule has 6 heteroatoms. The molecule has 1 heterocycles. The fraction of sp³-hybridized carbons (Fsp3) is 0.400. The van der Waals surface area contributed by atoms with Gasteiger partial charge in [0.1, 0.15) is 0 Å². The molecule has 1 aliphatic heterocycles. The molecule has 2 atom stereocenters. The Labute approximate surface area is 134 Å². The molecule has 2 unspecified atom stereocenters. The molecule has 1 aromatic carbocycles. The van der Waals surface area contributed by atoms with Crippen LogP contribution in [-0.2, 0) is 0 Å². The van der Waals surface area contributed by atoms with E-state index >= 15 is 0 Å². The minimum absolute atomic E-state index is 0.280. The second-order valence-corrected chi connectivity index (χ2v) is 5.60. The van der Waals surface area contributed by atoms with E-state index in [1.54, 1.807) is 38.6 Å². The van der Waals surface area contributed by atoms with Crippen LogP contribution in [0.2, 0.25) is 0 Å². The quantitative estimate of drug-likeness (QED) is 0.843. The summed E-state index contributed by atoms with van der Waals surface area (Å²) in [5, 5.41) is 10.6. The minimum atomic E-state index is -0.721. The summed E-state index contributed by atoms with van der Waals surface area (Å²) in [6.45, 7) is 0.478. The molecular formula is C15H17Cl2NO3. The first kappa shape index (κ1) is 16.1. The highest BCUT2D eigenvalue weighted by atomic mass is 35.5. The zero-order valence-corrected chi connectivity index (χ0v) is 13.4. The molecule has 1 aromatic rings. The van der Waals surface area contributed by atoms with Crippen LogP contribution in [0, 0.1) is 0 Å². The van der Waals surface area contributed by atoms with Gasteiger partial charge in [0.2, 0.25) is 0 Å². The lowest BCUT2D eigenvalue weighted by atomic mass is 9.97.